The summed E-state index contributed by atoms with van der Waals surface area (Å²) in [5, 5.41) is 3.92. The van der Waals surface area contributed by atoms with Crippen LogP contribution in [0.15, 0.2) is 23.3 Å². The summed E-state index contributed by atoms with van der Waals surface area (Å²) in [7, 11) is 0. The fraction of sp³-hybridized carbons (Fsp3) is 0.111. The monoisotopic (exact) mass is 219 g/mol. The van der Waals surface area contributed by atoms with Gasteiger partial charge in [-0.3, -0.25) is 9.59 Å². The first kappa shape index (κ1) is 10.1. The number of carbonyl (C=O) groups excluding carboxylic acids is 1. The third kappa shape index (κ3) is 1.70. The number of carbonyl (C=O) groups is 1. The number of hydrogen-bond donors (Lipinski definition) is 2. The second-order valence-electron chi connectivity index (χ2n) is 3.22. The van der Waals surface area contributed by atoms with Gasteiger partial charge in [-0.15, -0.1) is 0 Å². The fourth-order valence-corrected chi connectivity index (χ4v) is 1.25. The lowest BCUT2D eigenvalue weighted by atomic mass is 10.4. The summed E-state index contributed by atoms with van der Waals surface area (Å²) in [5.74, 6) is -0.252. The van der Waals surface area contributed by atoms with Crippen LogP contribution in [0.4, 0.5) is 5.82 Å². The molecule has 16 heavy (non-hydrogen) atoms. The molecular weight excluding hydrogens is 210 g/mol. The van der Waals surface area contributed by atoms with Crippen molar-refractivity contribution in [3.05, 3.63) is 40.2 Å². The van der Waals surface area contributed by atoms with E-state index in [1.165, 1.54) is 6.20 Å². The highest BCUT2D eigenvalue weighted by Gasteiger charge is 2.14. The highest BCUT2D eigenvalue weighted by molar-refractivity contribution is 5.94. The van der Waals surface area contributed by atoms with Gasteiger partial charge in [0.15, 0.2) is 0 Å². The summed E-state index contributed by atoms with van der Waals surface area (Å²) in [5.41, 5.74) is 5.93. The number of anilines is 1. The summed E-state index contributed by atoms with van der Waals surface area (Å²) in [6.07, 6.45) is 2.25. The lowest BCUT2D eigenvalue weighted by Gasteiger charge is -2.00. The average molecular weight is 219 g/mol. The molecule has 0 spiro atoms. The lowest BCUT2D eigenvalue weighted by molar-refractivity contribution is 0.0942. The van der Waals surface area contributed by atoms with Gasteiger partial charge in [0.25, 0.3) is 11.5 Å². The van der Waals surface area contributed by atoms with E-state index < -0.39 is 5.91 Å². The molecule has 82 valence electrons. The standard InChI is InChI=1S/C9H9N5O2/c1-5-2-7(10)14(13-5)9(16)6-3-12-8(15)4-11-6/h2-4H,10H2,1H3,(H,12,15). The van der Waals surface area contributed by atoms with E-state index in [1.54, 1.807) is 13.0 Å². The molecule has 2 aromatic rings. The number of nitrogens with one attached hydrogen (secondary N) is 1. The second kappa shape index (κ2) is 3.61. The quantitative estimate of drug-likeness (QED) is 0.675. The van der Waals surface area contributed by atoms with Gasteiger partial charge in [-0.25, -0.2) is 4.98 Å². The van der Waals surface area contributed by atoms with Crippen molar-refractivity contribution in [3.8, 4) is 0 Å². The Balaban J connectivity index is 2.43. The van der Waals surface area contributed by atoms with Crippen LogP contribution < -0.4 is 11.3 Å². The fourth-order valence-electron chi connectivity index (χ4n) is 1.25. The van der Waals surface area contributed by atoms with Crippen molar-refractivity contribution in [2.45, 2.75) is 6.92 Å². The average Bonchev–Trinajstić information content (AvgIpc) is 2.58. The summed E-state index contributed by atoms with van der Waals surface area (Å²) < 4.78 is 1.04. The van der Waals surface area contributed by atoms with Crippen molar-refractivity contribution in [2.24, 2.45) is 0 Å². The Morgan fingerprint density at radius 3 is 2.81 bits per heavy atom. The smallest absolute Gasteiger partial charge is 0.300 e. The van der Waals surface area contributed by atoms with Crippen molar-refractivity contribution in [2.75, 3.05) is 5.73 Å². The van der Waals surface area contributed by atoms with E-state index in [4.69, 9.17) is 5.73 Å². The first-order valence-corrected chi connectivity index (χ1v) is 4.49. The summed E-state index contributed by atoms with van der Waals surface area (Å²) in [6.45, 7) is 1.72. The van der Waals surface area contributed by atoms with E-state index in [2.05, 4.69) is 15.1 Å². The highest BCUT2D eigenvalue weighted by Crippen LogP contribution is 2.06. The molecule has 2 rings (SSSR count). The van der Waals surface area contributed by atoms with Gasteiger partial charge in [-0.05, 0) is 6.92 Å². The number of aromatic nitrogens is 4. The minimum Gasteiger partial charge on any atom is -0.383 e. The number of nitrogens with two attached hydrogens (primary N) is 1. The van der Waals surface area contributed by atoms with Gasteiger partial charge in [-0.2, -0.15) is 9.78 Å². The number of hydrogen-bond acceptors (Lipinski definition) is 5. The zero-order valence-electron chi connectivity index (χ0n) is 8.47. The zero-order chi connectivity index (χ0) is 11.7. The van der Waals surface area contributed by atoms with Gasteiger partial charge in [0, 0.05) is 12.3 Å². The van der Waals surface area contributed by atoms with Crippen molar-refractivity contribution >= 4 is 11.7 Å². The Hall–Kier alpha value is -2.44. The van der Waals surface area contributed by atoms with E-state index in [0.29, 0.717) is 5.69 Å². The molecule has 0 aromatic carbocycles. The van der Waals surface area contributed by atoms with Crippen molar-refractivity contribution in [1.29, 1.82) is 0 Å². The summed E-state index contributed by atoms with van der Waals surface area (Å²) in [4.78, 5) is 28.7. The molecule has 2 heterocycles. The van der Waals surface area contributed by atoms with Gasteiger partial charge >= 0.3 is 0 Å². The Kier molecular flexibility index (Phi) is 2.28. The number of H-pyrrole nitrogens is 1. The predicted octanol–water partition coefficient (Wildman–Crippen LogP) is -0.454. The van der Waals surface area contributed by atoms with Crippen LogP contribution >= 0.6 is 0 Å². The first-order valence-electron chi connectivity index (χ1n) is 4.49. The molecule has 0 aliphatic carbocycles. The lowest BCUT2D eigenvalue weighted by Crippen LogP contribution is -2.19. The molecule has 0 saturated heterocycles. The van der Waals surface area contributed by atoms with Crippen molar-refractivity contribution in [1.82, 2.24) is 19.7 Å². The highest BCUT2D eigenvalue weighted by atomic mass is 16.2. The van der Waals surface area contributed by atoms with E-state index in [0.717, 1.165) is 10.9 Å². The number of nitrogens with zero attached hydrogens (tertiary/aromatic N) is 3. The molecule has 0 amide bonds. The maximum atomic E-state index is 11.8. The van der Waals surface area contributed by atoms with Crippen LogP contribution in [0.25, 0.3) is 0 Å². The minimum atomic E-state index is -0.484. The third-order valence-electron chi connectivity index (χ3n) is 1.94. The maximum Gasteiger partial charge on any atom is 0.300 e. The Morgan fingerprint density at radius 2 is 2.31 bits per heavy atom. The molecule has 0 fully saturated rings. The van der Waals surface area contributed by atoms with E-state index >= 15 is 0 Å². The topological polar surface area (TPSA) is 107 Å². The van der Waals surface area contributed by atoms with Crippen LogP contribution in [0.1, 0.15) is 16.2 Å². The second-order valence-corrected chi connectivity index (χ2v) is 3.22. The first-order chi connectivity index (χ1) is 7.58. The van der Waals surface area contributed by atoms with Gasteiger partial charge in [0.1, 0.15) is 11.5 Å². The Morgan fingerprint density at radius 1 is 1.56 bits per heavy atom. The SMILES string of the molecule is Cc1cc(N)n(C(=O)c2c[nH]c(=O)cn2)n1. The van der Waals surface area contributed by atoms with E-state index in [9.17, 15) is 9.59 Å². The molecule has 0 bridgehead atoms. The van der Waals surface area contributed by atoms with Crippen LogP contribution in [0.5, 0.6) is 0 Å². The van der Waals surface area contributed by atoms with Crippen LogP contribution in [-0.4, -0.2) is 25.7 Å². The van der Waals surface area contributed by atoms with Crippen LogP contribution in [-0.2, 0) is 0 Å². The molecule has 0 aliphatic heterocycles. The van der Waals surface area contributed by atoms with E-state index in [-0.39, 0.29) is 17.1 Å². The van der Waals surface area contributed by atoms with Crippen molar-refractivity contribution < 1.29 is 4.79 Å². The molecule has 3 N–H and O–H groups in total. The Labute approximate surface area is 89.9 Å². The van der Waals surface area contributed by atoms with Crippen LogP contribution in [0.2, 0.25) is 0 Å². The molecule has 0 radical (unpaired) electrons. The van der Waals surface area contributed by atoms with E-state index in [1.807, 2.05) is 0 Å². The third-order valence-corrected chi connectivity index (χ3v) is 1.94. The van der Waals surface area contributed by atoms with Gasteiger partial charge in [-0.1, -0.05) is 0 Å². The number of aryl methyl sites for hydroxylation is 1. The molecule has 7 heteroatoms. The summed E-state index contributed by atoms with van der Waals surface area (Å²) in [6, 6.07) is 1.57. The molecule has 7 nitrogen and oxygen atoms in total. The molecule has 0 saturated carbocycles. The van der Waals surface area contributed by atoms with Gasteiger partial charge in [0.05, 0.1) is 11.9 Å². The van der Waals surface area contributed by atoms with Gasteiger partial charge in [0.2, 0.25) is 0 Å². The Bertz CT molecular complexity index is 578. The number of nitrogen functional groups attached to an aromatic ring is 1. The van der Waals surface area contributed by atoms with Crippen LogP contribution in [0, 0.1) is 6.92 Å². The minimum absolute atomic E-state index is 0.0781. The largest absolute Gasteiger partial charge is 0.383 e. The van der Waals surface area contributed by atoms with Crippen LogP contribution in [0.3, 0.4) is 0 Å². The number of rotatable bonds is 1. The van der Waals surface area contributed by atoms with Gasteiger partial charge < -0.3 is 10.7 Å². The molecule has 0 unspecified atom stereocenters. The maximum absolute atomic E-state index is 11.8. The zero-order valence-corrected chi connectivity index (χ0v) is 8.47. The molecule has 0 aliphatic rings. The molecule has 2 aromatic heterocycles. The molecule has 0 atom stereocenters. The van der Waals surface area contributed by atoms with Crippen molar-refractivity contribution in [3.63, 3.8) is 0 Å². The normalized spacial score (nSPS) is 10.3. The molecular formula is C9H9N5O2. The summed E-state index contributed by atoms with van der Waals surface area (Å²) >= 11 is 0. The predicted molar refractivity (Wildman–Crippen MR) is 56.0 cm³/mol. The number of aromatic amines is 1.